The molecule has 1 unspecified atom stereocenters. The summed E-state index contributed by atoms with van der Waals surface area (Å²) in [6, 6.07) is 2.95. The van der Waals surface area contributed by atoms with Gasteiger partial charge in [0.1, 0.15) is 11.6 Å². The molecule has 7 nitrogen and oxygen atoms in total. The molecule has 10 heteroatoms. The Balaban J connectivity index is 0.00000181. The second-order valence-corrected chi connectivity index (χ2v) is 7.56. The van der Waals surface area contributed by atoms with Crippen LogP contribution in [0.1, 0.15) is 47.6 Å². The van der Waals surface area contributed by atoms with Gasteiger partial charge in [-0.15, -0.1) is 0 Å². The molecule has 0 aliphatic carbocycles. The molecule has 160 valence electrons. The maximum absolute atomic E-state index is 13.8. The minimum atomic E-state index is -0.941. The Kier molecular flexibility index (Phi) is 7.00. The molecule has 1 fully saturated rings. The number of fused-ring (bicyclic) bond motifs is 2. The number of halogens is 2. The van der Waals surface area contributed by atoms with Gasteiger partial charge in [0.05, 0.1) is 18.7 Å². The van der Waals surface area contributed by atoms with Gasteiger partial charge in [0.2, 0.25) is 5.43 Å². The molecule has 1 N–H and O–H groups in total. The molecular formula is C21H21F2N2NaO5. The number of benzene rings is 1. The number of rotatable bonds is 4. The summed E-state index contributed by atoms with van der Waals surface area (Å²) in [5, 5.41) is 10.4. The number of amides is 1. The molecule has 0 spiro atoms. The molecule has 4 rings (SSSR count). The first kappa shape index (κ1) is 23.6. The van der Waals surface area contributed by atoms with Gasteiger partial charge in [-0.3, -0.25) is 14.4 Å². The van der Waals surface area contributed by atoms with E-state index in [4.69, 9.17) is 4.74 Å². The van der Waals surface area contributed by atoms with Crippen molar-refractivity contribution in [3.63, 3.8) is 0 Å². The number of ketones is 1. The van der Waals surface area contributed by atoms with Crippen molar-refractivity contribution in [3.05, 3.63) is 63.1 Å². The standard InChI is InChI=1S/C21H20F2N2O5.Na.H/c1-11-6-7-30-17-10-24-9-14(19(27)20(28)18(24)21(29)25(11)17)16(26)5-3-12-2-4-13(22)8-15(12)23;;/h2,4,8-9,11,17,28H,3,5-7,10H2,1H3;;/q;+1;-1/t11-,17?;;/m1../s1. The van der Waals surface area contributed by atoms with Gasteiger partial charge in [-0.05, 0) is 31.4 Å². The third kappa shape index (κ3) is 4.32. The average Bonchev–Trinajstić information content (AvgIpc) is 2.69. The van der Waals surface area contributed by atoms with E-state index in [1.54, 1.807) is 0 Å². The predicted molar refractivity (Wildman–Crippen MR) is 102 cm³/mol. The molecule has 1 aromatic carbocycles. The topological polar surface area (TPSA) is 88.8 Å². The first-order valence-corrected chi connectivity index (χ1v) is 9.65. The molecule has 0 bridgehead atoms. The summed E-state index contributed by atoms with van der Waals surface area (Å²) in [6.07, 6.45) is 1.09. The number of carbonyl (C=O) groups excluding carboxylic acids is 2. The Morgan fingerprint density at radius 3 is 2.77 bits per heavy atom. The second-order valence-electron chi connectivity index (χ2n) is 7.56. The van der Waals surface area contributed by atoms with Crippen molar-refractivity contribution in [1.29, 1.82) is 0 Å². The summed E-state index contributed by atoms with van der Waals surface area (Å²) in [5.74, 6) is -3.42. The summed E-state index contributed by atoms with van der Waals surface area (Å²) in [6.45, 7) is 2.52. The van der Waals surface area contributed by atoms with E-state index in [-0.39, 0.29) is 73.2 Å². The van der Waals surface area contributed by atoms with Crippen molar-refractivity contribution in [2.75, 3.05) is 6.61 Å². The van der Waals surface area contributed by atoms with Crippen LogP contribution >= 0.6 is 0 Å². The number of Topliss-reactive ketones (excluding diaryl/α,β-unsaturated/α-hetero) is 1. The molecule has 3 heterocycles. The Labute approximate surface area is 200 Å². The van der Waals surface area contributed by atoms with Crippen molar-refractivity contribution in [2.24, 2.45) is 0 Å². The van der Waals surface area contributed by atoms with Crippen LogP contribution in [0.2, 0.25) is 0 Å². The minimum absolute atomic E-state index is 0. The third-order valence-corrected chi connectivity index (χ3v) is 5.61. The van der Waals surface area contributed by atoms with E-state index in [0.717, 1.165) is 12.1 Å². The van der Waals surface area contributed by atoms with Gasteiger partial charge in [0.15, 0.2) is 23.5 Å². The number of hydrogen-bond donors (Lipinski definition) is 1. The molecule has 2 atom stereocenters. The monoisotopic (exact) mass is 442 g/mol. The molecule has 2 aliphatic heterocycles. The summed E-state index contributed by atoms with van der Waals surface area (Å²) in [5.41, 5.74) is -1.26. The Bertz CT molecular complexity index is 1110. The zero-order chi connectivity index (χ0) is 21.6. The Hall–Kier alpha value is -2.07. The van der Waals surface area contributed by atoms with Crippen LogP contribution in [-0.4, -0.2) is 45.1 Å². The maximum Gasteiger partial charge on any atom is 1.00 e. The van der Waals surface area contributed by atoms with Gasteiger partial charge in [0.25, 0.3) is 5.91 Å². The Morgan fingerprint density at radius 1 is 1.32 bits per heavy atom. The van der Waals surface area contributed by atoms with E-state index < -0.39 is 40.7 Å². The van der Waals surface area contributed by atoms with E-state index in [2.05, 4.69) is 0 Å². The molecule has 1 aromatic heterocycles. The predicted octanol–water partition coefficient (Wildman–Crippen LogP) is -0.645. The van der Waals surface area contributed by atoms with Gasteiger partial charge in [-0.25, -0.2) is 8.78 Å². The summed E-state index contributed by atoms with van der Waals surface area (Å²) >= 11 is 0. The molecule has 0 saturated carbocycles. The van der Waals surface area contributed by atoms with Crippen molar-refractivity contribution in [2.45, 2.75) is 45.0 Å². The summed E-state index contributed by atoms with van der Waals surface area (Å²) in [7, 11) is 0. The van der Waals surface area contributed by atoms with Crippen molar-refractivity contribution < 1.29 is 59.2 Å². The Morgan fingerprint density at radius 2 is 2.06 bits per heavy atom. The molecule has 1 amide bonds. The normalized spacial score (nSPS) is 20.0. The number of carbonyl (C=O) groups is 2. The van der Waals surface area contributed by atoms with Gasteiger partial charge >= 0.3 is 29.6 Å². The van der Waals surface area contributed by atoms with Crippen LogP contribution in [-0.2, 0) is 17.7 Å². The second kappa shape index (κ2) is 9.20. The third-order valence-electron chi connectivity index (χ3n) is 5.61. The first-order chi connectivity index (χ1) is 14.3. The number of ether oxygens (including phenoxy) is 1. The number of nitrogens with zero attached hydrogens (tertiary/aromatic N) is 2. The molecule has 2 aliphatic rings. The minimum Gasteiger partial charge on any atom is -1.00 e. The number of hydrogen-bond acceptors (Lipinski definition) is 5. The zero-order valence-corrected chi connectivity index (χ0v) is 19.2. The van der Waals surface area contributed by atoms with Crippen LogP contribution in [0, 0.1) is 11.6 Å². The maximum atomic E-state index is 13.8. The van der Waals surface area contributed by atoms with Crippen LogP contribution in [0.15, 0.2) is 29.2 Å². The molecular weight excluding hydrogens is 421 g/mol. The van der Waals surface area contributed by atoms with Crippen LogP contribution < -0.4 is 35.0 Å². The smallest absolute Gasteiger partial charge is 1.00 e. The van der Waals surface area contributed by atoms with Crippen molar-refractivity contribution in [1.82, 2.24) is 9.47 Å². The van der Waals surface area contributed by atoms with E-state index in [0.29, 0.717) is 13.0 Å². The van der Waals surface area contributed by atoms with E-state index >= 15 is 0 Å². The number of aryl methyl sites for hydroxylation is 1. The molecule has 31 heavy (non-hydrogen) atoms. The quantitative estimate of drug-likeness (QED) is 0.503. The molecule has 1 saturated heterocycles. The fourth-order valence-corrected chi connectivity index (χ4v) is 3.96. The number of pyridine rings is 1. The summed E-state index contributed by atoms with van der Waals surface area (Å²) in [4.78, 5) is 39.6. The van der Waals surface area contributed by atoms with E-state index in [1.165, 1.54) is 21.7 Å². The van der Waals surface area contributed by atoms with Crippen molar-refractivity contribution >= 4 is 11.7 Å². The van der Waals surface area contributed by atoms with Gasteiger partial charge in [-0.2, -0.15) is 0 Å². The van der Waals surface area contributed by atoms with Crippen LogP contribution in [0.25, 0.3) is 0 Å². The zero-order valence-electron chi connectivity index (χ0n) is 18.2. The fraction of sp³-hybridized carbons (Fsp3) is 0.381. The van der Waals surface area contributed by atoms with Gasteiger partial charge in [0, 0.05) is 24.7 Å². The van der Waals surface area contributed by atoms with Crippen LogP contribution in [0.4, 0.5) is 8.78 Å². The van der Waals surface area contributed by atoms with Crippen LogP contribution in [0.3, 0.4) is 0 Å². The van der Waals surface area contributed by atoms with Gasteiger partial charge < -0.3 is 20.7 Å². The molecule has 0 radical (unpaired) electrons. The van der Waals surface area contributed by atoms with Gasteiger partial charge in [-0.1, -0.05) is 6.07 Å². The fourth-order valence-electron chi connectivity index (χ4n) is 3.96. The average molecular weight is 442 g/mol. The number of aromatic hydroxyl groups is 1. The van der Waals surface area contributed by atoms with E-state index in [1.807, 2.05) is 6.92 Å². The largest absolute Gasteiger partial charge is 1.00 e. The summed E-state index contributed by atoms with van der Waals surface area (Å²) < 4.78 is 33.8. The number of aromatic nitrogens is 1. The van der Waals surface area contributed by atoms with Crippen molar-refractivity contribution in [3.8, 4) is 5.75 Å². The van der Waals surface area contributed by atoms with E-state index in [9.17, 15) is 28.3 Å². The SMILES string of the molecule is C[C@@H]1CCOC2Cn3cc(C(=O)CCc4ccc(F)cc4F)c(=O)c(O)c3C(=O)N21.[H-].[Na+]. The van der Waals surface area contributed by atoms with Crippen LogP contribution in [0.5, 0.6) is 5.75 Å². The first-order valence-electron chi connectivity index (χ1n) is 9.65. The molecule has 2 aromatic rings.